The monoisotopic (exact) mass is 556 g/mol. The molecule has 33 heavy (non-hydrogen) atoms. The molecule has 7 nitrogen and oxygen atoms in total. The van der Waals surface area contributed by atoms with Crippen LogP contribution in [-0.4, -0.2) is 34.7 Å². The Bertz CT molecular complexity index is 1160. The molecule has 2 aromatic carbocycles. The first-order valence-corrected chi connectivity index (χ1v) is 10.5. The van der Waals surface area contributed by atoms with Crippen molar-refractivity contribution in [2.45, 2.75) is 27.3 Å². The predicted octanol–water partition coefficient (Wildman–Crippen LogP) is 3.78. The van der Waals surface area contributed by atoms with Crippen LogP contribution in [0.5, 0.6) is 0 Å². The maximum absolute atomic E-state index is 12.4. The average Bonchev–Trinajstić information content (AvgIpc) is 3.13. The average molecular weight is 556 g/mol. The minimum absolute atomic E-state index is 0. The van der Waals surface area contributed by atoms with E-state index >= 15 is 0 Å². The number of aromatic nitrogens is 2. The largest absolute Gasteiger partial charge is 0.357 e. The van der Waals surface area contributed by atoms with Gasteiger partial charge in [0.1, 0.15) is 0 Å². The quantitative estimate of drug-likeness (QED) is 0.179. The number of halogens is 1. The Morgan fingerprint density at radius 1 is 1.12 bits per heavy atom. The van der Waals surface area contributed by atoms with Crippen LogP contribution < -0.4 is 16.0 Å². The summed E-state index contributed by atoms with van der Waals surface area (Å²) in [4.78, 5) is 17.0. The van der Waals surface area contributed by atoms with Crippen molar-refractivity contribution >= 4 is 41.5 Å². The van der Waals surface area contributed by atoms with Crippen molar-refractivity contribution in [2.75, 3.05) is 18.4 Å². The summed E-state index contributed by atoms with van der Waals surface area (Å²) in [6.07, 6.45) is 5.42. The van der Waals surface area contributed by atoms with Gasteiger partial charge in [-0.1, -0.05) is 30.2 Å². The van der Waals surface area contributed by atoms with Gasteiger partial charge in [-0.3, -0.25) is 4.79 Å². The number of guanidine groups is 1. The van der Waals surface area contributed by atoms with Crippen molar-refractivity contribution < 1.29 is 4.79 Å². The summed E-state index contributed by atoms with van der Waals surface area (Å²) in [5.74, 6) is 2.93. The topological polar surface area (TPSA) is 83.3 Å². The molecule has 0 radical (unpaired) electrons. The standard InChI is InChI=1S/C25H28N6O.HI/c1-5-20-10-9-12-22(15-20)29-24(32)17-28-25(26-6-2)27-16-21-11-7-8-13-23(21)31-19(4)14-18(3)30-31;/h1,7-15H,6,16-17H2,2-4H3,(H,29,32)(H2,26,27,28);1H. The molecule has 0 fully saturated rings. The van der Waals surface area contributed by atoms with Crippen LogP contribution in [0.25, 0.3) is 5.69 Å². The van der Waals surface area contributed by atoms with Crippen LogP contribution in [-0.2, 0) is 11.3 Å². The molecule has 1 amide bonds. The molecule has 3 aromatic rings. The number of anilines is 1. The number of para-hydroxylation sites is 1. The van der Waals surface area contributed by atoms with Crippen LogP contribution in [0.15, 0.2) is 59.6 Å². The Morgan fingerprint density at radius 3 is 2.61 bits per heavy atom. The highest BCUT2D eigenvalue weighted by Gasteiger charge is 2.09. The van der Waals surface area contributed by atoms with Crippen LogP contribution in [0.2, 0.25) is 0 Å². The van der Waals surface area contributed by atoms with E-state index in [-0.39, 0.29) is 36.4 Å². The van der Waals surface area contributed by atoms with Gasteiger partial charge in [0.05, 0.1) is 24.5 Å². The van der Waals surface area contributed by atoms with Crippen molar-refractivity contribution in [2.24, 2.45) is 4.99 Å². The molecule has 1 aromatic heterocycles. The molecule has 1 heterocycles. The smallest absolute Gasteiger partial charge is 0.243 e. The molecule has 0 unspecified atom stereocenters. The lowest BCUT2D eigenvalue weighted by molar-refractivity contribution is -0.115. The van der Waals surface area contributed by atoms with Gasteiger partial charge in [0.2, 0.25) is 5.91 Å². The van der Waals surface area contributed by atoms with Gasteiger partial charge in [-0.25, -0.2) is 9.67 Å². The van der Waals surface area contributed by atoms with Gasteiger partial charge in [-0.15, -0.1) is 30.4 Å². The van der Waals surface area contributed by atoms with Crippen molar-refractivity contribution in [3.8, 4) is 18.0 Å². The number of hydrogen-bond acceptors (Lipinski definition) is 3. The second kappa shape index (κ2) is 12.6. The molecule has 0 bridgehead atoms. The molecule has 0 aliphatic carbocycles. The number of benzene rings is 2. The maximum Gasteiger partial charge on any atom is 0.243 e. The van der Waals surface area contributed by atoms with Crippen molar-refractivity contribution in [3.05, 3.63) is 77.1 Å². The number of carbonyl (C=O) groups is 1. The molecular weight excluding hydrogens is 527 g/mol. The normalized spacial score (nSPS) is 10.7. The molecule has 172 valence electrons. The molecule has 0 aliphatic rings. The van der Waals surface area contributed by atoms with E-state index in [9.17, 15) is 4.79 Å². The highest BCUT2D eigenvalue weighted by atomic mass is 127. The summed E-state index contributed by atoms with van der Waals surface area (Å²) in [7, 11) is 0. The van der Waals surface area contributed by atoms with Crippen molar-refractivity contribution in [1.29, 1.82) is 0 Å². The summed E-state index contributed by atoms with van der Waals surface area (Å²) >= 11 is 0. The third-order valence-corrected chi connectivity index (χ3v) is 4.71. The van der Waals surface area contributed by atoms with E-state index in [1.807, 2.05) is 67.9 Å². The summed E-state index contributed by atoms with van der Waals surface area (Å²) in [5, 5.41) is 13.7. The number of nitrogens with zero attached hydrogens (tertiary/aromatic N) is 3. The zero-order valence-corrected chi connectivity index (χ0v) is 21.4. The number of rotatable bonds is 7. The van der Waals surface area contributed by atoms with Crippen LogP contribution in [0.3, 0.4) is 0 Å². The number of amides is 1. The number of carbonyl (C=O) groups excluding carboxylic acids is 1. The number of hydrogen-bond donors (Lipinski definition) is 3. The second-order valence-corrected chi connectivity index (χ2v) is 7.29. The van der Waals surface area contributed by atoms with Gasteiger partial charge in [0, 0.05) is 23.5 Å². The third kappa shape index (κ3) is 7.36. The Balaban J connectivity index is 0.00000385. The second-order valence-electron chi connectivity index (χ2n) is 7.29. The first kappa shape index (κ1) is 25.9. The van der Waals surface area contributed by atoms with Gasteiger partial charge in [0.25, 0.3) is 0 Å². The van der Waals surface area contributed by atoms with Crippen LogP contribution in [0, 0.1) is 26.2 Å². The number of nitrogens with one attached hydrogen (secondary N) is 3. The number of aliphatic imine (C=N–C) groups is 1. The van der Waals surface area contributed by atoms with E-state index in [0.717, 1.165) is 22.6 Å². The molecule has 8 heteroatoms. The SMILES string of the molecule is C#Cc1cccc(NC(=O)CNC(=NCc2ccccc2-n2nc(C)cc2C)NCC)c1.I. The third-order valence-electron chi connectivity index (χ3n) is 4.71. The molecule has 0 aliphatic heterocycles. The van der Waals surface area contributed by atoms with Crippen LogP contribution in [0.1, 0.15) is 29.4 Å². The van der Waals surface area contributed by atoms with E-state index in [2.05, 4.69) is 32.0 Å². The Hall–Kier alpha value is -3.32. The van der Waals surface area contributed by atoms with Gasteiger partial charge < -0.3 is 16.0 Å². The van der Waals surface area contributed by atoms with Crippen LogP contribution in [0.4, 0.5) is 5.69 Å². The Labute approximate surface area is 212 Å². The predicted molar refractivity (Wildman–Crippen MR) is 144 cm³/mol. The van der Waals surface area contributed by atoms with Gasteiger partial charge in [-0.05, 0) is 56.7 Å². The zero-order valence-electron chi connectivity index (χ0n) is 19.1. The highest BCUT2D eigenvalue weighted by molar-refractivity contribution is 14.0. The lowest BCUT2D eigenvalue weighted by Gasteiger charge is -2.13. The molecule has 0 spiro atoms. The lowest BCUT2D eigenvalue weighted by Crippen LogP contribution is -2.41. The molecule has 0 saturated carbocycles. The van der Waals surface area contributed by atoms with Gasteiger partial charge >= 0.3 is 0 Å². The van der Waals surface area contributed by atoms with Gasteiger partial charge in [0.15, 0.2) is 5.96 Å². The minimum atomic E-state index is -0.187. The maximum atomic E-state index is 12.4. The first-order chi connectivity index (χ1) is 15.5. The Morgan fingerprint density at radius 2 is 1.91 bits per heavy atom. The van der Waals surface area contributed by atoms with E-state index in [0.29, 0.717) is 30.3 Å². The van der Waals surface area contributed by atoms with Crippen molar-refractivity contribution in [1.82, 2.24) is 20.4 Å². The van der Waals surface area contributed by atoms with Crippen molar-refractivity contribution in [3.63, 3.8) is 0 Å². The van der Waals surface area contributed by atoms with E-state index in [1.54, 1.807) is 12.1 Å². The van der Waals surface area contributed by atoms with Crippen LogP contribution >= 0.6 is 24.0 Å². The minimum Gasteiger partial charge on any atom is -0.357 e. The van der Waals surface area contributed by atoms with E-state index in [4.69, 9.17) is 6.42 Å². The molecule has 3 N–H and O–H groups in total. The molecule has 0 saturated heterocycles. The first-order valence-electron chi connectivity index (χ1n) is 10.5. The molecule has 3 rings (SSSR count). The molecule has 0 atom stereocenters. The van der Waals surface area contributed by atoms with Gasteiger partial charge in [-0.2, -0.15) is 5.10 Å². The summed E-state index contributed by atoms with van der Waals surface area (Å²) in [5.41, 5.74) is 5.43. The fraction of sp³-hybridized carbons (Fsp3) is 0.240. The summed E-state index contributed by atoms with van der Waals surface area (Å²) in [6, 6.07) is 17.3. The zero-order chi connectivity index (χ0) is 22.9. The van der Waals surface area contributed by atoms with E-state index < -0.39 is 0 Å². The number of terminal acetylenes is 1. The molecular formula is C25H29IN6O. The fourth-order valence-corrected chi connectivity index (χ4v) is 3.29. The highest BCUT2D eigenvalue weighted by Crippen LogP contribution is 2.17. The van der Waals surface area contributed by atoms with E-state index in [1.165, 1.54) is 0 Å². The lowest BCUT2D eigenvalue weighted by atomic mass is 10.2. The Kier molecular flexibility index (Phi) is 9.94. The fourth-order valence-electron chi connectivity index (χ4n) is 3.29. The summed E-state index contributed by atoms with van der Waals surface area (Å²) in [6.45, 7) is 7.18. The number of aryl methyl sites for hydroxylation is 2. The summed E-state index contributed by atoms with van der Waals surface area (Å²) < 4.78 is 1.93.